The highest BCUT2D eigenvalue weighted by Crippen LogP contribution is 2.46. The number of rotatable bonds is 22. The van der Waals surface area contributed by atoms with Gasteiger partial charge in [0.05, 0.1) is 55.5 Å². The third-order valence-corrected chi connectivity index (χ3v) is 24.4. The summed E-state index contributed by atoms with van der Waals surface area (Å²) >= 11 is 0. The summed E-state index contributed by atoms with van der Waals surface area (Å²) in [6.45, 7) is 14.2. The maximum Gasteiger partial charge on any atom is 0.410 e. The lowest BCUT2D eigenvalue weighted by molar-refractivity contribution is -0.193. The smallest absolute Gasteiger partial charge is 0.410 e. The van der Waals surface area contributed by atoms with Crippen molar-refractivity contribution >= 4 is 58.9 Å². The molecule has 145 heavy (non-hydrogen) atoms. The van der Waals surface area contributed by atoms with Crippen LogP contribution in [0.4, 0.5) is 36.7 Å². The van der Waals surface area contributed by atoms with Gasteiger partial charge in [-0.15, -0.1) is 0 Å². The maximum atomic E-state index is 14.3. The van der Waals surface area contributed by atoms with Gasteiger partial charge in [-0.2, -0.15) is 37.2 Å². The van der Waals surface area contributed by atoms with E-state index in [1.54, 1.807) is 49.9 Å². The molecule has 0 saturated heterocycles. The fourth-order valence-electron chi connectivity index (χ4n) is 16.6. The van der Waals surface area contributed by atoms with E-state index in [2.05, 4.69) is 22.9 Å². The molecule has 752 valence electrons. The number of hydrogen-bond donors (Lipinski definition) is 1. The largest absolute Gasteiger partial charge is 0.508 e. The van der Waals surface area contributed by atoms with Crippen molar-refractivity contribution in [3.8, 4) is 23.0 Å². The molecule has 32 heteroatoms. The minimum atomic E-state index is -3.93. The van der Waals surface area contributed by atoms with Crippen LogP contribution in [0, 0.1) is 30.2 Å². The topological polar surface area (TPSA) is 338 Å². The molecule has 2 unspecified atom stereocenters. The van der Waals surface area contributed by atoms with E-state index >= 15 is 0 Å². The number of benzene rings is 13. The van der Waals surface area contributed by atoms with E-state index in [1.807, 2.05) is 235 Å². The van der Waals surface area contributed by atoms with Crippen LogP contribution in [0.3, 0.4) is 0 Å². The van der Waals surface area contributed by atoms with Crippen LogP contribution >= 0.6 is 0 Å². The lowest BCUT2D eigenvalue weighted by Crippen LogP contribution is -2.41. The molecule has 4 aliphatic heterocycles. The number of carbonyl (C=O) groups excluding carboxylic acids is 11. The zero-order valence-electron chi connectivity index (χ0n) is 80.5. The number of esters is 1. The molecule has 17 rings (SSSR count). The first-order valence-electron chi connectivity index (χ1n) is 46.2. The number of fused-ring (bicyclic) bond motifs is 4. The second-order valence-electron chi connectivity index (χ2n) is 32.9. The first-order chi connectivity index (χ1) is 70.1. The van der Waals surface area contributed by atoms with Gasteiger partial charge in [-0.25, -0.2) is 41.5 Å². The summed E-state index contributed by atoms with van der Waals surface area (Å²) < 4.78 is 129. The van der Waals surface area contributed by atoms with Crippen LogP contribution in [-0.4, -0.2) is 141 Å². The van der Waals surface area contributed by atoms with E-state index in [0.29, 0.717) is 105 Å². The zero-order chi connectivity index (χ0) is 104. The van der Waals surface area contributed by atoms with Crippen LogP contribution < -0.4 is 14.2 Å². The number of halogens is 4. The van der Waals surface area contributed by atoms with Gasteiger partial charge >= 0.3 is 48.8 Å². The van der Waals surface area contributed by atoms with Crippen LogP contribution in [0.1, 0.15) is 153 Å². The number of ether oxygens (including phenoxy) is 8. The maximum absolute atomic E-state index is 14.3. The van der Waals surface area contributed by atoms with E-state index in [0.717, 1.165) is 72.3 Å². The average Bonchev–Trinajstić information content (AvgIpc) is 0.775. The van der Waals surface area contributed by atoms with Gasteiger partial charge in [-0.05, 0) is 219 Å². The van der Waals surface area contributed by atoms with Crippen molar-refractivity contribution in [2.75, 3.05) is 46.5 Å². The molecular weight excluding hydrogens is 1890 g/mol. The lowest BCUT2D eigenvalue weighted by atomic mass is 9.88. The number of aromatic hydroxyl groups is 1. The minimum absolute atomic E-state index is 0.0128. The number of methoxy groups -OCH3 is 1. The second kappa shape index (κ2) is 56.1. The quantitative estimate of drug-likeness (QED) is 0.0285. The van der Waals surface area contributed by atoms with Gasteiger partial charge < -0.3 is 43.0 Å². The molecule has 0 bridgehead atoms. The van der Waals surface area contributed by atoms with Crippen molar-refractivity contribution in [3.05, 3.63) is 433 Å². The molecule has 0 radical (unpaired) electrons. The predicted octanol–water partition coefficient (Wildman–Crippen LogP) is 21.2. The molecule has 0 saturated carbocycles. The van der Waals surface area contributed by atoms with E-state index in [9.17, 15) is 55.1 Å². The Bertz CT molecular complexity index is 6480. The number of phenolic OH excluding ortho intramolecular Hbond substituents is 1. The molecular formula is C113H108F4N4O23S. The van der Waals surface area contributed by atoms with Crippen LogP contribution in [0.15, 0.2) is 320 Å². The Kier molecular flexibility index (Phi) is 42.7. The number of nitrogens with zero attached hydrogens (tertiary/aromatic N) is 4. The molecule has 0 spiro atoms. The van der Waals surface area contributed by atoms with Crippen molar-refractivity contribution in [3.63, 3.8) is 0 Å². The van der Waals surface area contributed by atoms with Gasteiger partial charge in [0, 0.05) is 48.4 Å². The molecule has 5 atom stereocenters. The number of amides is 4. The van der Waals surface area contributed by atoms with Gasteiger partial charge in [-0.3, -0.25) is 23.8 Å². The van der Waals surface area contributed by atoms with Gasteiger partial charge in [0.15, 0.2) is 6.10 Å². The first kappa shape index (κ1) is 110. The molecule has 13 aromatic rings. The Balaban J connectivity index is 0.000000184. The van der Waals surface area contributed by atoms with E-state index in [-0.39, 0.29) is 79.1 Å². The van der Waals surface area contributed by atoms with Crippen molar-refractivity contribution in [1.82, 2.24) is 19.6 Å². The number of hydrogen-bond acceptors (Lipinski definition) is 23. The Hall–Kier alpha value is -16.6. The fourth-order valence-corrected chi connectivity index (χ4v) is 17.7. The summed E-state index contributed by atoms with van der Waals surface area (Å²) in [4.78, 5) is 119. The SMILES string of the molecule is CC(C)Oc1ccc(F)cc1C1c2ccccc2CCN1C(=O)OCc1ccccc1.CCOc1ccc(F)cc1[C@@H]1c2ccccc2CCN1C(=O)OCc1ccccc1.CCOc1ccc(F)cc1[C@H]1c2ccccc2CCN1C(=O)OCc1ccccc1.COC(=O)[C@H](C)OS(=O)(=O)c1ccc(C)cc1.O=C(OCc1ccccc1)N1CCc2ccccc2C1c1cc(F)ccc1O.O=C=O.O=C=O.O=C=O. The molecule has 0 aliphatic carbocycles. The van der Waals surface area contributed by atoms with Crippen molar-refractivity contribution in [2.24, 2.45) is 0 Å². The van der Waals surface area contributed by atoms with Crippen molar-refractivity contribution in [1.29, 1.82) is 0 Å². The molecule has 0 aromatic heterocycles. The summed E-state index contributed by atoms with van der Waals surface area (Å²) in [5.74, 6) is -0.644. The Morgan fingerprint density at radius 1 is 0.359 bits per heavy atom. The monoisotopic (exact) mass is 2000 g/mol. The van der Waals surface area contributed by atoms with Gasteiger partial charge in [0.2, 0.25) is 0 Å². The van der Waals surface area contributed by atoms with E-state index in [4.69, 9.17) is 66.1 Å². The summed E-state index contributed by atoms with van der Waals surface area (Å²) in [7, 11) is -2.76. The lowest BCUT2D eigenvalue weighted by Gasteiger charge is -2.37. The third-order valence-electron chi connectivity index (χ3n) is 23.1. The molecule has 0 fully saturated rings. The summed E-state index contributed by atoms with van der Waals surface area (Å²) in [5.41, 5.74) is 15.0. The zero-order valence-corrected chi connectivity index (χ0v) is 81.3. The Morgan fingerprint density at radius 3 is 0.910 bits per heavy atom. The Labute approximate surface area is 837 Å². The van der Waals surface area contributed by atoms with E-state index < -0.39 is 76.5 Å². The van der Waals surface area contributed by atoms with Crippen molar-refractivity contribution in [2.45, 2.75) is 135 Å². The van der Waals surface area contributed by atoms with Crippen LogP contribution in [0.5, 0.6) is 23.0 Å². The number of aryl methyl sites for hydroxylation is 1. The summed E-state index contributed by atoms with van der Waals surface area (Å²) in [6, 6.07) is 91.0. The standard InChI is InChI=1S/C26H26FNO3.2C25H24FNO3.C23H20FNO3.C11H14O5S.3CO2/c1-18(2)31-24-13-12-21(27)16-23(24)25-22-11-7-6-10-20(22)14-15-28(25)26(29)30-17-19-8-4-3-5-9-19;2*1-2-29-23-13-12-20(26)16-22(23)24-21-11-7-6-10-19(21)14-15-27(24)25(28)30-17-18-8-4-3-5-9-18;24-18-10-11-21(26)20(14-18)22-19-9-5-4-8-17(19)12-13-25(22)23(27)28-15-16-6-2-1-3-7-16;1-8-4-6-10(7-5-8)17(13,14)16-9(2)11(12)15-3;3*2-1-3/h3-13,16,18,25H,14-15,17H2,1-2H3;2*3-13,16,24H,2,14-15,17H2,1H3;1-11,14,22,26H,12-13,15H2;4-7,9H,1-3H3;;;/t;2*24-;;9-;;;/m.10.0.../s1. The van der Waals surface area contributed by atoms with Gasteiger partial charge in [-0.1, -0.05) is 236 Å². The molecule has 13 aromatic carbocycles. The third kappa shape index (κ3) is 31.4. The van der Waals surface area contributed by atoms with E-state index in [1.165, 1.54) is 80.8 Å². The Morgan fingerprint density at radius 2 is 0.621 bits per heavy atom. The van der Waals surface area contributed by atoms with Crippen LogP contribution in [0.25, 0.3) is 0 Å². The number of carbonyl (C=O) groups is 5. The first-order valence-corrected chi connectivity index (χ1v) is 47.6. The summed E-state index contributed by atoms with van der Waals surface area (Å²) in [6.07, 6.45) is 0.545. The highest BCUT2D eigenvalue weighted by Gasteiger charge is 2.41. The molecule has 4 heterocycles. The van der Waals surface area contributed by atoms with Gasteiger partial charge in [0.1, 0.15) is 72.7 Å². The highest BCUT2D eigenvalue weighted by atomic mass is 32.2. The van der Waals surface area contributed by atoms with Crippen molar-refractivity contribution < 1.29 is 126 Å². The van der Waals surface area contributed by atoms with Crippen LogP contribution in [0.2, 0.25) is 0 Å². The normalized spacial score (nSPS) is 14.4. The molecule has 1 N–H and O–H groups in total. The number of phenols is 1. The molecule has 27 nitrogen and oxygen atoms in total. The minimum Gasteiger partial charge on any atom is -0.508 e. The van der Waals surface area contributed by atoms with Gasteiger partial charge in [0.25, 0.3) is 10.1 Å². The highest BCUT2D eigenvalue weighted by molar-refractivity contribution is 7.86. The van der Waals surface area contributed by atoms with Crippen LogP contribution in [-0.2, 0) is 124 Å². The second-order valence-corrected chi connectivity index (χ2v) is 34.5. The predicted molar refractivity (Wildman–Crippen MR) is 523 cm³/mol. The molecule has 4 amide bonds. The summed E-state index contributed by atoms with van der Waals surface area (Å²) in [5, 5.41) is 10.4. The average molecular weight is 2000 g/mol. The fraction of sp³-hybridized carbons (Fsp3) is 0.239. The molecule has 4 aliphatic rings.